The zero-order chi connectivity index (χ0) is 36.2. The number of rotatable bonds is 12. The van der Waals surface area contributed by atoms with Gasteiger partial charge in [-0.15, -0.1) is 0 Å². The summed E-state index contributed by atoms with van der Waals surface area (Å²) in [5, 5.41) is 16.6. The van der Waals surface area contributed by atoms with Crippen molar-refractivity contribution in [3.63, 3.8) is 0 Å². The molecule has 13 heteroatoms. The van der Waals surface area contributed by atoms with E-state index in [0.29, 0.717) is 69.0 Å². The number of methoxy groups -OCH3 is 1. The van der Waals surface area contributed by atoms with Gasteiger partial charge in [0.1, 0.15) is 11.7 Å². The van der Waals surface area contributed by atoms with Gasteiger partial charge in [0.2, 0.25) is 11.8 Å². The SMILES string of the molecule is [2H]CN(Cc1cnc2cc(-c3cccc(-c4cccc(-c5ccc(CNC[C@@H]6CCC(=O)N6)c(OC)n5)c4Cl)c3Cl)ccn2c1=O)[C@@H](C)C(=O)O. The molecule has 4 heterocycles. The number of amides is 1. The zero-order valence-corrected chi connectivity index (χ0v) is 29.0. The summed E-state index contributed by atoms with van der Waals surface area (Å²) < 4.78 is 14.7. The highest BCUT2D eigenvalue weighted by Crippen LogP contribution is 2.42. The van der Waals surface area contributed by atoms with E-state index in [4.69, 9.17) is 34.3 Å². The van der Waals surface area contributed by atoms with Crippen LogP contribution in [0.1, 0.15) is 32.3 Å². The number of nitrogens with one attached hydrogen (secondary N) is 2. The van der Waals surface area contributed by atoms with Crippen LogP contribution >= 0.6 is 23.2 Å². The van der Waals surface area contributed by atoms with E-state index in [9.17, 15) is 19.5 Å². The summed E-state index contributed by atoms with van der Waals surface area (Å²) in [4.78, 5) is 46.9. The fourth-order valence-corrected chi connectivity index (χ4v) is 6.61. The number of aliphatic carboxylic acids is 1. The number of ether oxygens (including phenoxy) is 1. The molecule has 5 aromatic rings. The number of nitrogens with zero attached hydrogens (tertiary/aromatic N) is 4. The van der Waals surface area contributed by atoms with Crippen LogP contribution in [0, 0.1) is 0 Å². The molecule has 1 amide bonds. The smallest absolute Gasteiger partial charge is 0.320 e. The molecule has 258 valence electrons. The molecule has 0 radical (unpaired) electrons. The first kappa shape index (κ1) is 33.7. The van der Waals surface area contributed by atoms with Crippen LogP contribution < -0.4 is 20.9 Å². The molecular weight excluding hydrogens is 679 g/mol. The Hall–Kier alpha value is -4.81. The van der Waals surface area contributed by atoms with Gasteiger partial charge in [-0.25, -0.2) is 9.97 Å². The first-order chi connectivity index (χ1) is 24.6. The Bertz CT molecular complexity index is 2180. The highest BCUT2D eigenvalue weighted by atomic mass is 35.5. The maximum atomic E-state index is 13.3. The lowest BCUT2D eigenvalue weighted by molar-refractivity contribution is -0.142. The Labute approximate surface area is 300 Å². The van der Waals surface area contributed by atoms with E-state index in [-0.39, 0.29) is 36.6 Å². The minimum Gasteiger partial charge on any atom is -0.481 e. The number of halogens is 2. The highest BCUT2D eigenvalue weighted by molar-refractivity contribution is 6.39. The van der Waals surface area contributed by atoms with Gasteiger partial charge >= 0.3 is 5.97 Å². The average Bonchev–Trinajstić information content (AvgIpc) is 3.56. The van der Waals surface area contributed by atoms with Crippen LogP contribution in [-0.4, -0.2) is 69.0 Å². The second-order valence-corrected chi connectivity index (χ2v) is 12.9. The van der Waals surface area contributed by atoms with Gasteiger partial charge in [-0.05, 0) is 44.1 Å². The van der Waals surface area contributed by atoms with Crippen LogP contribution in [0.3, 0.4) is 0 Å². The molecule has 11 nitrogen and oxygen atoms in total. The molecule has 2 atom stereocenters. The van der Waals surface area contributed by atoms with Crippen LogP contribution in [0.4, 0.5) is 0 Å². The number of fused-ring (bicyclic) bond motifs is 1. The summed E-state index contributed by atoms with van der Waals surface area (Å²) in [5.41, 5.74) is 5.38. The molecule has 1 fully saturated rings. The number of benzene rings is 2. The topological polar surface area (TPSA) is 138 Å². The number of likely N-dealkylation sites (N-methyl/N-ethyl adjacent to an activating group) is 1. The van der Waals surface area contributed by atoms with Gasteiger partial charge in [0.05, 0.1) is 28.4 Å². The average molecular weight is 717 g/mol. The standard InChI is InChI=1S/C37H36Cl2N6O5/c1-21(37(48)49)44(2)20-24-18-41-31-16-22(14-15-45(31)36(24)47)26-6-4-7-27(33(26)38)28-8-5-9-29(34(28)39)30-12-10-23(35(43-30)50-3)17-40-19-25-11-13-32(46)42-25/h4-10,12,14-16,18,21,25,40H,11,13,17,19-20H2,1-3H3,(H,42,46)(H,48,49)/t21-,25-/m0/s1/i2D. The van der Waals surface area contributed by atoms with Gasteiger partial charge < -0.3 is 20.5 Å². The maximum absolute atomic E-state index is 13.3. The molecule has 0 spiro atoms. The van der Waals surface area contributed by atoms with Crippen LogP contribution in [0.2, 0.25) is 10.0 Å². The molecule has 1 aliphatic rings. The lowest BCUT2D eigenvalue weighted by Gasteiger charge is -2.20. The molecule has 0 unspecified atom stereocenters. The summed E-state index contributed by atoms with van der Waals surface area (Å²) in [6, 6.07) is 17.9. The van der Waals surface area contributed by atoms with Crippen molar-refractivity contribution < 1.29 is 20.8 Å². The molecule has 6 rings (SSSR count). The number of pyridine rings is 2. The van der Waals surface area contributed by atoms with E-state index < -0.39 is 12.0 Å². The Morgan fingerprint density at radius 1 is 1.10 bits per heavy atom. The van der Waals surface area contributed by atoms with Gasteiger partial charge in [-0.1, -0.05) is 65.7 Å². The minimum atomic E-state index is -1.07. The van der Waals surface area contributed by atoms with Gasteiger partial charge in [0.15, 0.2) is 0 Å². The fraction of sp³-hybridized carbons (Fsp3) is 0.270. The van der Waals surface area contributed by atoms with Crippen LogP contribution in [-0.2, 0) is 22.7 Å². The molecule has 1 saturated heterocycles. The van der Waals surface area contributed by atoms with Crippen molar-refractivity contribution in [2.24, 2.45) is 0 Å². The summed E-state index contributed by atoms with van der Waals surface area (Å²) in [6.07, 6.45) is 4.40. The third kappa shape index (κ3) is 7.22. The van der Waals surface area contributed by atoms with Gasteiger partial charge in [-0.3, -0.25) is 23.7 Å². The quantitative estimate of drug-likeness (QED) is 0.149. The Kier molecular flexibility index (Phi) is 10.1. The Balaban J connectivity index is 1.26. The molecular formula is C37H36Cl2N6O5. The molecule has 1 aliphatic heterocycles. The summed E-state index contributed by atoms with van der Waals surface area (Å²) in [7, 11) is 1.29. The first-order valence-corrected chi connectivity index (χ1v) is 16.7. The van der Waals surface area contributed by atoms with Crippen molar-refractivity contribution in [1.82, 2.24) is 29.9 Å². The summed E-state index contributed by atoms with van der Waals surface area (Å²) in [5.74, 6) is -0.522. The molecule has 2 aromatic carbocycles. The van der Waals surface area contributed by atoms with Crippen LogP contribution in [0.5, 0.6) is 5.88 Å². The third-order valence-corrected chi connectivity index (χ3v) is 9.67. The molecule has 0 saturated carbocycles. The van der Waals surface area contributed by atoms with E-state index in [1.807, 2.05) is 48.5 Å². The fourth-order valence-electron chi connectivity index (χ4n) is 5.94. The Morgan fingerprint density at radius 2 is 1.82 bits per heavy atom. The monoisotopic (exact) mass is 715 g/mol. The molecule has 50 heavy (non-hydrogen) atoms. The molecule has 3 aromatic heterocycles. The van der Waals surface area contributed by atoms with Crippen molar-refractivity contribution in [3.8, 4) is 39.4 Å². The van der Waals surface area contributed by atoms with Crippen molar-refractivity contribution in [2.45, 2.75) is 44.9 Å². The maximum Gasteiger partial charge on any atom is 0.320 e. The van der Waals surface area contributed by atoms with Crippen molar-refractivity contribution in [3.05, 3.63) is 105 Å². The number of aromatic nitrogens is 3. The van der Waals surface area contributed by atoms with E-state index in [1.54, 1.807) is 25.4 Å². The van der Waals surface area contributed by atoms with E-state index in [2.05, 4.69) is 15.6 Å². The summed E-state index contributed by atoms with van der Waals surface area (Å²) >= 11 is 14.1. The molecule has 3 N–H and O–H groups in total. The van der Waals surface area contributed by atoms with E-state index >= 15 is 0 Å². The largest absolute Gasteiger partial charge is 0.481 e. The van der Waals surface area contributed by atoms with Gasteiger partial charge in [0, 0.05) is 73.7 Å². The number of carbonyl (C=O) groups is 2. The zero-order valence-electron chi connectivity index (χ0n) is 28.5. The van der Waals surface area contributed by atoms with Gasteiger partial charge in [0.25, 0.3) is 5.56 Å². The second kappa shape index (κ2) is 15.0. The van der Waals surface area contributed by atoms with Crippen molar-refractivity contribution >= 4 is 40.7 Å². The minimum absolute atomic E-state index is 0.0206. The number of carboxylic acids is 1. The molecule has 0 bridgehead atoms. The van der Waals surface area contributed by atoms with Crippen LogP contribution in [0.15, 0.2) is 77.9 Å². The first-order valence-electron chi connectivity index (χ1n) is 16.7. The highest BCUT2D eigenvalue weighted by Gasteiger charge is 2.22. The van der Waals surface area contributed by atoms with Crippen LogP contribution in [0.25, 0.3) is 39.2 Å². The van der Waals surface area contributed by atoms with Crippen molar-refractivity contribution in [2.75, 3.05) is 20.7 Å². The van der Waals surface area contributed by atoms with Crippen molar-refractivity contribution in [1.29, 1.82) is 0 Å². The second-order valence-electron chi connectivity index (χ2n) is 12.1. The number of carbonyl (C=O) groups excluding carboxylic acids is 1. The third-order valence-electron chi connectivity index (χ3n) is 8.86. The van der Waals surface area contributed by atoms with E-state index in [1.165, 1.54) is 22.4 Å². The lowest BCUT2D eigenvalue weighted by Crippen LogP contribution is -2.37. The normalized spacial score (nSPS) is 15.3. The number of hydrogen-bond acceptors (Lipinski definition) is 8. The Morgan fingerprint density at radius 3 is 2.50 bits per heavy atom. The predicted octanol–water partition coefficient (Wildman–Crippen LogP) is 5.68. The number of carboxylic acid groups (broad SMARTS) is 1. The van der Waals surface area contributed by atoms with E-state index in [0.717, 1.165) is 17.5 Å². The predicted molar refractivity (Wildman–Crippen MR) is 194 cm³/mol. The molecule has 0 aliphatic carbocycles. The summed E-state index contributed by atoms with van der Waals surface area (Å²) in [6.45, 7) is 2.63. The number of hydrogen-bond donors (Lipinski definition) is 3. The van der Waals surface area contributed by atoms with Gasteiger partial charge in [-0.2, -0.15) is 0 Å². The lowest BCUT2D eigenvalue weighted by atomic mass is 9.97.